The smallest absolute Gasteiger partial charge is 0.410 e. The second-order valence-corrected chi connectivity index (χ2v) is 8.28. The Hall–Kier alpha value is -3.02. The molecule has 6 heteroatoms. The third-order valence-corrected chi connectivity index (χ3v) is 4.85. The number of nitrogens with zero attached hydrogens (tertiary/aromatic N) is 1. The molecule has 154 valence electrons. The molecule has 1 amide bonds. The summed E-state index contributed by atoms with van der Waals surface area (Å²) in [6.45, 7) is 6.30. The second-order valence-electron chi connectivity index (χ2n) is 8.28. The van der Waals surface area contributed by atoms with Crippen molar-refractivity contribution in [2.75, 3.05) is 13.1 Å². The summed E-state index contributed by atoms with van der Waals surface area (Å²) in [5, 5.41) is 9.64. The third kappa shape index (κ3) is 5.50. The molecule has 1 N–H and O–H groups in total. The molecule has 2 atom stereocenters. The van der Waals surface area contributed by atoms with Crippen LogP contribution in [0.3, 0.4) is 0 Å². The molecule has 1 fully saturated rings. The number of carboxylic acid groups (broad SMARTS) is 1. The number of amides is 1. The molecule has 0 aliphatic carbocycles. The van der Waals surface area contributed by atoms with Crippen molar-refractivity contribution in [2.45, 2.75) is 38.9 Å². The van der Waals surface area contributed by atoms with Gasteiger partial charge in [-0.1, -0.05) is 42.5 Å². The Morgan fingerprint density at radius 2 is 1.69 bits per heavy atom. The van der Waals surface area contributed by atoms with Gasteiger partial charge in [-0.3, -0.25) is 4.79 Å². The minimum atomic E-state index is -0.912. The van der Waals surface area contributed by atoms with Gasteiger partial charge in [-0.25, -0.2) is 4.79 Å². The summed E-state index contributed by atoms with van der Waals surface area (Å²) >= 11 is 0. The number of aliphatic carboxylic acids is 1. The van der Waals surface area contributed by atoms with Gasteiger partial charge in [0.2, 0.25) is 0 Å². The van der Waals surface area contributed by atoms with Crippen LogP contribution in [0.4, 0.5) is 4.79 Å². The minimum absolute atomic E-state index is 0.140. The minimum Gasteiger partial charge on any atom is -0.489 e. The molecular formula is C23H27NO5. The molecule has 0 bridgehead atoms. The first-order valence-corrected chi connectivity index (χ1v) is 9.70. The van der Waals surface area contributed by atoms with E-state index in [2.05, 4.69) is 0 Å². The molecule has 1 saturated heterocycles. The van der Waals surface area contributed by atoms with E-state index in [9.17, 15) is 14.7 Å². The van der Waals surface area contributed by atoms with Gasteiger partial charge < -0.3 is 19.5 Å². The summed E-state index contributed by atoms with van der Waals surface area (Å²) in [6.07, 6.45) is -0.478. The van der Waals surface area contributed by atoms with Crippen molar-refractivity contribution in [2.24, 2.45) is 5.92 Å². The van der Waals surface area contributed by atoms with E-state index in [0.717, 1.165) is 11.1 Å². The molecule has 1 aliphatic heterocycles. The Balaban J connectivity index is 1.67. The molecule has 6 nitrogen and oxygen atoms in total. The first-order valence-electron chi connectivity index (χ1n) is 9.70. The highest BCUT2D eigenvalue weighted by Gasteiger charge is 2.41. The SMILES string of the molecule is CC(C)(C)OC(=O)N1C[C@H](c2ccc(OCc3ccccc3)cc2)[C@H](C(=O)O)C1. The Bertz CT molecular complexity index is 842. The van der Waals surface area contributed by atoms with E-state index in [1.165, 1.54) is 4.90 Å². The van der Waals surface area contributed by atoms with Crippen LogP contribution in [-0.4, -0.2) is 40.8 Å². The van der Waals surface area contributed by atoms with Gasteiger partial charge in [0.1, 0.15) is 18.0 Å². The van der Waals surface area contributed by atoms with Crippen LogP contribution in [0, 0.1) is 5.92 Å². The van der Waals surface area contributed by atoms with Gasteiger partial charge in [0, 0.05) is 19.0 Å². The zero-order valence-electron chi connectivity index (χ0n) is 17.0. The van der Waals surface area contributed by atoms with Gasteiger partial charge in [0.05, 0.1) is 5.92 Å². The Morgan fingerprint density at radius 1 is 1.03 bits per heavy atom. The summed E-state index contributed by atoms with van der Waals surface area (Å²) in [7, 11) is 0. The first-order chi connectivity index (χ1) is 13.7. The highest BCUT2D eigenvalue weighted by molar-refractivity contribution is 5.76. The summed E-state index contributed by atoms with van der Waals surface area (Å²) in [4.78, 5) is 25.6. The lowest BCUT2D eigenvalue weighted by molar-refractivity contribution is -0.141. The Morgan fingerprint density at radius 3 is 2.28 bits per heavy atom. The van der Waals surface area contributed by atoms with E-state index in [-0.39, 0.29) is 12.5 Å². The van der Waals surface area contributed by atoms with Crippen molar-refractivity contribution in [3.63, 3.8) is 0 Å². The fourth-order valence-corrected chi connectivity index (χ4v) is 3.42. The number of ether oxygens (including phenoxy) is 2. The maximum Gasteiger partial charge on any atom is 0.410 e. The van der Waals surface area contributed by atoms with E-state index in [0.29, 0.717) is 18.9 Å². The van der Waals surface area contributed by atoms with E-state index in [1.807, 2.05) is 54.6 Å². The molecule has 3 rings (SSSR count). The van der Waals surface area contributed by atoms with Crippen molar-refractivity contribution >= 4 is 12.1 Å². The lowest BCUT2D eigenvalue weighted by atomic mass is 9.89. The fourth-order valence-electron chi connectivity index (χ4n) is 3.42. The summed E-state index contributed by atoms with van der Waals surface area (Å²) in [5.74, 6) is -1.15. The van der Waals surface area contributed by atoms with E-state index < -0.39 is 23.6 Å². The quantitative estimate of drug-likeness (QED) is 0.814. The summed E-state index contributed by atoms with van der Waals surface area (Å²) < 4.78 is 11.2. The average Bonchev–Trinajstić information content (AvgIpc) is 3.12. The van der Waals surface area contributed by atoms with Crippen LogP contribution in [0.25, 0.3) is 0 Å². The van der Waals surface area contributed by atoms with Crippen molar-refractivity contribution in [1.29, 1.82) is 0 Å². The molecule has 0 radical (unpaired) electrons. The largest absolute Gasteiger partial charge is 0.489 e. The van der Waals surface area contributed by atoms with Crippen LogP contribution in [0.1, 0.15) is 37.8 Å². The molecule has 29 heavy (non-hydrogen) atoms. The van der Waals surface area contributed by atoms with Gasteiger partial charge in [0.15, 0.2) is 0 Å². The number of carboxylic acids is 1. The van der Waals surface area contributed by atoms with E-state index in [1.54, 1.807) is 20.8 Å². The van der Waals surface area contributed by atoms with Crippen LogP contribution in [-0.2, 0) is 16.1 Å². The van der Waals surface area contributed by atoms with Crippen LogP contribution in [0.15, 0.2) is 54.6 Å². The number of benzene rings is 2. The molecule has 1 heterocycles. The molecule has 2 aromatic carbocycles. The predicted molar refractivity (Wildman–Crippen MR) is 109 cm³/mol. The van der Waals surface area contributed by atoms with Crippen molar-refractivity contribution in [1.82, 2.24) is 4.90 Å². The number of hydrogen-bond acceptors (Lipinski definition) is 4. The molecule has 0 aromatic heterocycles. The number of likely N-dealkylation sites (tertiary alicyclic amines) is 1. The third-order valence-electron chi connectivity index (χ3n) is 4.85. The zero-order valence-corrected chi connectivity index (χ0v) is 17.0. The zero-order chi connectivity index (χ0) is 21.0. The maximum absolute atomic E-state index is 12.4. The van der Waals surface area contributed by atoms with Gasteiger partial charge in [-0.05, 0) is 44.0 Å². The predicted octanol–water partition coefficient (Wildman–Crippen LogP) is 4.30. The van der Waals surface area contributed by atoms with Gasteiger partial charge in [-0.2, -0.15) is 0 Å². The van der Waals surface area contributed by atoms with Gasteiger partial charge in [-0.15, -0.1) is 0 Å². The second kappa shape index (κ2) is 8.55. The summed E-state index contributed by atoms with van der Waals surface area (Å²) in [5.41, 5.74) is 1.33. The summed E-state index contributed by atoms with van der Waals surface area (Å²) in [6, 6.07) is 17.3. The van der Waals surface area contributed by atoms with E-state index in [4.69, 9.17) is 9.47 Å². The van der Waals surface area contributed by atoms with Crippen LogP contribution in [0.2, 0.25) is 0 Å². The van der Waals surface area contributed by atoms with Gasteiger partial charge in [0.25, 0.3) is 0 Å². The molecule has 0 unspecified atom stereocenters. The highest BCUT2D eigenvalue weighted by atomic mass is 16.6. The topological polar surface area (TPSA) is 76.1 Å². The molecule has 2 aromatic rings. The lowest BCUT2D eigenvalue weighted by Crippen LogP contribution is -2.35. The van der Waals surface area contributed by atoms with Crippen molar-refractivity contribution < 1.29 is 24.2 Å². The first kappa shape index (κ1) is 20.7. The number of rotatable bonds is 5. The average molecular weight is 397 g/mol. The van der Waals surface area contributed by atoms with Crippen molar-refractivity contribution in [3.05, 3.63) is 65.7 Å². The molecular weight excluding hydrogens is 370 g/mol. The lowest BCUT2D eigenvalue weighted by Gasteiger charge is -2.24. The Kier molecular flexibility index (Phi) is 6.11. The number of carbonyl (C=O) groups excluding carboxylic acids is 1. The van der Waals surface area contributed by atoms with E-state index >= 15 is 0 Å². The van der Waals surface area contributed by atoms with Crippen LogP contribution < -0.4 is 4.74 Å². The molecule has 1 aliphatic rings. The highest BCUT2D eigenvalue weighted by Crippen LogP contribution is 2.34. The molecule has 0 spiro atoms. The monoisotopic (exact) mass is 397 g/mol. The molecule has 0 saturated carbocycles. The van der Waals surface area contributed by atoms with Crippen LogP contribution in [0.5, 0.6) is 5.75 Å². The van der Waals surface area contributed by atoms with Gasteiger partial charge >= 0.3 is 12.1 Å². The fraction of sp³-hybridized carbons (Fsp3) is 0.391. The maximum atomic E-state index is 12.4. The van der Waals surface area contributed by atoms with Crippen molar-refractivity contribution in [3.8, 4) is 5.75 Å². The standard InChI is InChI=1S/C23H27NO5/c1-23(2,3)29-22(27)24-13-19(20(14-24)21(25)26)17-9-11-18(12-10-17)28-15-16-7-5-4-6-8-16/h4-12,19-20H,13-15H2,1-3H3,(H,25,26)/t19-,20-/m1/s1. The normalized spacial score (nSPS) is 19.1. The number of hydrogen-bond donors (Lipinski definition) is 1. The number of carbonyl (C=O) groups is 2. The Labute approximate surface area is 171 Å². The van der Waals surface area contributed by atoms with Crippen LogP contribution >= 0.6 is 0 Å².